The van der Waals surface area contributed by atoms with Crippen LogP contribution in [0.5, 0.6) is 0 Å². The first-order valence-electron chi connectivity index (χ1n) is 11.5. The second kappa shape index (κ2) is 10.8. The van der Waals surface area contributed by atoms with E-state index in [2.05, 4.69) is 5.32 Å². The molecule has 1 aliphatic heterocycles. The summed E-state index contributed by atoms with van der Waals surface area (Å²) in [7, 11) is 1.80. The Balaban J connectivity index is 1.67. The van der Waals surface area contributed by atoms with Crippen molar-refractivity contribution in [3.8, 4) is 0 Å². The number of hydrogen-bond donors (Lipinski definition) is 1. The van der Waals surface area contributed by atoms with Gasteiger partial charge in [-0.15, -0.1) is 0 Å². The van der Waals surface area contributed by atoms with Crippen LogP contribution in [0.1, 0.15) is 51.5 Å². The molecule has 2 amide bonds. The van der Waals surface area contributed by atoms with Gasteiger partial charge in [-0.2, -0.15) is 0 Å². The summed E-state index contributed by atoms with van der Waals surface area (Å²) < 4.78 is 13.7. The highest BCUT2D eigenvalue weighted by Gasteiger charge is 2.39. The molecule has 0 bridgehead atoms. The van der Waals surface area contributed by atoms with Crippen molar-refractivity contribution in [3.63, 3.8) is 0 Å². The lowest BCUT2D eigenvalue weighted by Gasteiger charge is -2.40. The van der Waals surface area contributed by atoms with Crippen LogP contribution >= 0.6 is 11.6 Å². The average Bonchev–Trinajstić information content (AvgIpc) is 3.24. The van der Waals surface area contributed by atoms with E-state index in [4.69, 9.17) is 11.6 Å². The summed E-state index contributed by atoms with van der Waals surface area (Å²) in [6, 6.07) is 7.32. The molecule has 31 heavy (non-hydrogen) atoms. The third-order valence-electron chi connectivity index (χ3n) is 6.64. The van der Waals surface area contributed by atoms with Gasteiger partial charge in [-0.05, 0) is 63.3 Å². The van der Waals surface area contributed by atoms with Crippen molar-refractivity contribution >= 4 is 23.4 Å². The molecule has 2 atom stereocenters. The standard InChI is InChI=1S/C24H35ClFN3O2/c1-16(2)23(30)29(20-10-8-19(26)9-11-20)21-12-13-28(15-21)24(31)22(27-3)14-17-4-6-18(25)7-5-17/h4-7,16,19-22,27H,8-15H2,1-3H3. The topological polar surface area (TPSA) is 52.7 Å². The number of rotatable bonds is 7. The lowest BCUT2D eigenvalue weighted by molar-refractivity contribution is -0.141. The van der Waals surface area contributed by atoms with Crippen molar-refractivity contribution in [2.45, 2.75) is 76.7 Å². The Morgan fingerprint density at radius 1 is 1.13 bits per heavy atom. The van der Waals surface area contributed by atoms with Gasteiger partial charge in [0.25, 0.3) is 0 Å². The number of likely N-dealkylation sites (N-methyl/N-ethyl adjacent to an activating group) is 1. The minimum absolute atomic E-state index is 0.00745. The largest absolute Gasteiger partial charge is 0.339 e. The number of carbonyl (C=O) groups excluding carboxylic acids is 2. The van der Waals surface area contributed by atoms with Crippen molar-refractivity contribution in [1.82, 2.24) is 15.1 Å². The number of carbonyl (C=O) groups is 2. The summed E-state index contributed by atoms with van der Waals surface area (Å²) in [5.41, 5.74) is 1.05. The average molecular weight is 452 g/mol. The second-order valence-corrected chi connectivity index (χ2v) is 9.64. The Hall–Kier alpha value is -1.66. The number of alkyl halides is 1. The molecule has 7 heteroatoms. The van der Waals surface area contributed by atoms with Crippen LogP contribution in [0, 0.1) is 5.92 Å². The van der Waals surface area contributed by atoms with E-state index in [1.807, 2.05) is 47.9 Å². The minimum Gasteiger partial charge on any atom is -0.339 e. The Morgan fingerprint density at radius 2 is 1.77 bits per heavy atom. The van der Waals surface area contributed by atoms with Crippen LogP contribution in [0.4, 0.5) is 4.39 Å². The van der Waals surface area contributed by atoms with Crippen LogP contribution in [0.3, 0.4) is 0 Å². The zero-order chi connectivity index (χ0) is 22.5. The van der Waals surface area contributed by atoms with Crippen molar-refractivity contribution in [2.75, 3.05) is 20.1 Å². The Bertz CT molecular complexity index is 750. The number of benzene rings is 1. The van der Waals surface area contributed by atoms with E-state index in [-0.39, 0.29) is 35.9 Å². The molecule has 0 radical (unpaired) electrons. The van der Waals surface area contributed by atoms with Crippen LogP contribution in [0.15, 0.2) is 24.3 Å². The van der Waals surface area contributed by atoms with E-state index < -0.39 is 6.17 Å². The predicted octanol–water partition coefficient (Wildman–Crippen LogP) is 3.84. The fourth-order valence-electron chi connectivity index (χ4n) is 4.83. The highest BCUT2D eigenvalue weighted by Crippen LogP contribution is 2.30. The summed E-state index contributed by atoms with van der Waals surface area (Å²) in [6.45, 7) is 5.02. The Labute approximate surface area is 190 Å². The molecule has 2 fully saturated rings. The van der Waals surface area contributed by atoms with E-state index in [9.17, 15) is 14.0 Å². The molecule has 1 aromatic rings. The normalized spacial score (nSPS) is 25.0. The number of amides is 2. The van der Waals surface area contributed by atoms with E-state index in [0.29, 0.717) is 50.2 Å². The fraction of sp³-hybridized carbons (Fsp3) is 0.667. The van der Waals surface area contributed by atoms with E-state index in [1.165, 1.54) is 0 Å². The van der Waals surface area contributed by atoms with Crippen LogP contribution in [0.25, 0.3) is 0 Å². The predicted molar refractivity (Wildman–Crippen MR) is 122 cm³/mol. The van der Waals surface area contributed by atoms with E-state index >= 15 is 0 Å². The van der Waals surface area contributed by atoms with Crippen LogP contribution in [-0.2, 0) is 16.0 Å². The zero-order valence-corrected chi connectivity index (χ0v) is 19.6. The first-order chi connectivity index (χ1) is 14.8. The molecule has 1 saturated heterocycles. The number of likely N-dealkylation sites (tertiary alicyclic amines) is 1. The molecule has 1 N–H and O–H groups in total. The lowest BCUT2D eigenvalue weighted by atomic mass is 9.90. The maximum absolute atomic E-state index is 13.7. The summed E-state index contributed by atoms with van der Waals surface area (Å²) in [5, 5.41) is 3.82. The molecule has 2 unspecified atom stereocenters. The summed E-state index contributed by atoms with van der Waals surface area (Å²) >= 11 is 5.97. The zero-order valence-electron chi connectivity index (χ0n) is 18.8. The van der Waals surface area contributed by atoms with Gasteiger partial charge in [-0.3, -0.25) is 9.59 Å². The van der Waals surface area contributed by atoms with Crippen molar-refractivity contribution in [3.05, 3.63) is 34.9 Å². The maximum Gasteiger partial charge on any atom is 0.240 e. The molecular weight excluding hydrogens is 417 g/mol. The van der Waals surface area contributed by atoms with Crippen molar-refractivity contribution in [2.24, 2.45) is 5.92 Å². The molecular formula is C24H35ClFN3O2. The molecule has 1 saturated carbocycles. The SMILES string of the molecule is CNC(Cc1ccc(Cl)cc1)C(=O)N1CCC(N(C(=O)C(C)C)C2CCC(F)CC2)C1. The highest BCUT2D eigenvalue weighted by atomic mass is 35.5. The minimum atomic E-state index is -0.752. The van der Waals surface area contributed by atoms with Crippen LogP contribution < -0.4 is 5.32 Å². The number of nitrogens with one attached hydrogen (secondary N) is 1. The number of nitrogens with zero attached hydrogens (tertiary/aromatic N) is 2. The monoisotopic (exact) mass is 451 g/mol. The quantitative estimate of drug-likeness (QED) is 0.685. The van der Waals surface area contributed by atoms with E-state index in [1.54, 1.807) is 7.05 Å². The van der Waals surface area contributed by atoms with Gasteiger partial charge in [0.2, 0.25) is 11.8 Å². The number of halogens is 2. The molecule has 1 aromatic carbocycles. The molecule has 2 aliphatic rings. The van der Waals surface area contributed by atoms with Crippen LogP contribution in [-0.4, -0.2) is 66.0 Å². The maximum atomic E-state index is 13.7. The second-order valence-electron chi connectivity index (χ2n) is 9.20. The Kier molecular flexibility index (Phi) is 8.34. The molecule has 0 aromatic heterocycles. The van der Waals surface area contributed by atoms with Crippen LogP contribution in [0.2, 0.25) is 5.02 Å². The Morgan fingerprint density at radius 3 is 2.35 bits per heavy atom. The summed E-state index contributed by atoms with van der Waals surface area (Å²) in [5.74, 6) is 0.0695. The third kappa shape index (κ3) is 5.98. The molecule has 172 valence electrons. The third-order valence-corrected chi connectivity index (χ3v) is 6.89. The van der Waals surface area contributed by atoms with Gasteiger partial charge in [0.05, 0.1) is 12.1 Å². The summed E-state index contributed by atoms with van der Waals surface area (Å²) in [4.78, 5) is 30.2. The first-order valence-corrected chi connectivity index (χ1v) is 11.8. The molecule has 0 spiro atoms. The summed E-state index contributed by atoms with van der Waals surface area (Å²) in [6.07, 6.45) is 3.06. The smallest absolute Gasteiger partial charge is 0.240 e. The molecule has 1 aliphatic carbocycles. The first kappa shape index (κ1) is 24.0. The number of hydrogen-bond acceptors (Lipinski definition) is 3. The van der Waals surface area contributed by atoms with E-state index in [0.717, 1.165) is 12.0 Å². The van der Waals surface area contributed by atoms with Gasteiger partial charge < -0.3 is 15.1 Å². The van der Waals surface area contributed by atoms with Crippen molar-refractivity contribution in [1.29, 1.82) is 0 Å². The van der Waals surface area contributed by atoms with Gasteiger partial charge in [0, 0.05) is 30.1 Å². The van der Waals surface area contributed by atoms with Gasteiger partial charge in [-0.1, -0.05) is 37.6 Å². The lowest BCUT2D eigenvalue weighted by Crippen LogP contribution is -2.52. The molecule has 3 rings (SSSR count). The molecule has 5 nitrogen and oxygen atoms in total. The van der Waals surface area contributed by atoms with Gasteiger partial charge in [0.1, 0.15) is 6.17 Å². The van der Waals surface area contributed by atoms with Gasteiger partial charge >= 0.3 is 0 Å². The highest BCUT2D eigenvalue weighted by molar-refractivity contribution is 6.30. The van der Waals surface area contributed by atoms with Gasteiger partial charge in [0.15, 0.2) is 0 Å². The fourth-order valence-corrected chi connectivity index (χ4v) is 4.95. The molecule has 1 heterocycles. The van der Waals surface area contributed by atoms with Crippen molar-refractivity contribution < 1.29 is 14.0 Å². The van der Waals surface area contributed by atoms with Gasteiger partial charge in [-0.25, -0.2) is 4.39 Å².